The molecule has 23 heavy (non-hydrogen) atoms. The monoisotopic (exact) mass is 321 g/mol. The normalized spacial score (nSPS) is 16.4. The van der Waals surface area contributed by atoms with E-state index in [1.165, 1.54) is 6.07 Å². The minimum absolute atomic E-state index is 0.116. The standard InChI is InChI=1S/C18H18F3NO/c1-10-2-6-14(16(8-10)18(19,20)21)17(23)13-7-5-12(22)9-15(13)11-3-4-11/h2,5-9,11,17,23H,3-4,22H2,1H3. The smallest absolute Gasteiger partial charge is 0.399 e. The van der Waals surface area contributed by atoms with E-state index in [2.05, 4.69) is 0 Å². The highest BCUT2D eigenvalue weighted by atomic mass is 19.4. The maximum absolute atomic E-state index is 13.3. The van der Waals surface area contributed by atoms with Crippen molar-refractivity contribution in [2.75, 3.05) is 5.73 Å². The molecule has 1 unspecified atom stereocenters. The second-order valence-corrected chi connectivity index (χ2v) is 6.15. The van der Waals surface area contributed by atoms with E-state index in [0.717, 1.165) is 24.5 Å². The molecule has 0 aromatic heterocycles. The minimum Gasteiger partial charge on any atom is -0.399 e. The summed E-state index contributed by atoms with van der Waals surface area (Å²) in [4.78, 5) is 0. The maximum atomic E-state index is 13.3. The van der Waals surface area contributed by atoms with Crippen LogP contribution in [0.15, 0.2) is 36.4 Å². The van der Waals surface area contributed by atoms with Crippen molar-refractivity contribution in [3.05, 3.63) is 64.2 Å². The lowest BCUT2D eigenvalue weighted by Crippen LogP contribution is -2.14. The molecule has 1 aliphatic carbocycles. The van der Waals surface area contributed by atoms with Crippen LogP contribution < -0.4 is 5.73 Å². The van der Waals surface area contributed by atoms with Crippen LogP contribution in [0.5, 0.6) is 0 Å². The van der Waals surface area contributed by atoms with Gasteiger partial charge >= 0.3 is 6.18 Å². The highest BCUT2D eigenvalue weighted by Gasteiger charge is 2.36. The van der Waals surface area contributed by atoms with Crippen LogP contribution in [0.25, 0.3) is 0 Å². The van der Waals surface area contributed by atoms with Crippen molar-refractivity contribution in [1.29, 1.82) is 0 Å². The molecule has 3 rings (SSSR count). The Morgan fingerprint density at radius 1 is 1.09 bits per heavy atom. The zero-order valence-corrected chi connectivity index (χ0v) is 12.7. The average Bonchev–Trinajstić information content (AvgIpc) is 3.30. The van der Waals surface area contributed by atoms with Crippen LogP contribution in [0.2, 0.25) is 0 Å². The second kappa shape index (κ2) is 5.57. The fraction of sp³-hybridized carbons (Fsp3) is 0.333. The minimum atomic E-state index is -4.50. The number of hydrogen-bond donors (Lipinski definition) is 2. The van der Waals surface area contributed by atoms with Gasteiger partial charge in [-0.15, -0.1) is 0 Å². The van der Waals surface area contributed by atoms with E-state index < -0.39 is 17.8 Å². The molecule has 0 spiro atoms. The number of aliphatic hydroxyl groups is 1. The Hall–Kier alpha value is -2.01. The first-order valence-corrected chi connectivity index (χ1v) is 7.52. The van der Waals surface area contributed by atoms with Crippen molar-refractivity contribution in [2.45, 2.75) is 38.0 Å². The molecule has 1 atom stereocenters. The molecule has 2 nitrogen and oxygen atoms in total. The third-order valence-corrected chi connectivity index (χ3v) is 4.23. The Morgan fingerprint density at radius 2 is 1.74 bits per heavy atom. The highest BCUT2D eigenvalue weighted by molar-refractivity contribution is 5.51. The summed E-state index contributed by atoms with van der Waals surface area (Å²) in [7, 11) is 0. The molecule has 122 valence electrons. The summed E-state index contributed by atoms with van der Waals surface area (Å²) in [6.45, 7) is 1.60. The molecular formula is C18H18F3NO. The number of alkyl halides is 3. The van der Waals surface area contributed by atoms with Gasteiger partial charge in [0.15, 0.2) is 0 Å². The van der Waals surface area contributed by atoms with Crippen LogP contribution in [-0.2, 0) is 6.18 Å². The third kappa shape index (κ3) is 3.20. The van der Waals surface area contributed by atoms with Gasteiger partial charge in [0.1, 0.15) is 6.10 Å². The quantitative estimate of drug-likeness (QED) is 0.814. The van der Waals surface area contributed by atoms with Crippen LogP contribution in [0, 0.1) is 6.92 Å². The zero-order valence-electron chi connectivity index (χ0n) is 12.7. The number of benzene rings is 2. The summed E-state index contributed by atoms with van der Waals surface area (Å²) in [5.41, 5.74) is 7.31. The SMILES string of the molecule is Cc1ccc(C(O)c2ccc(N)cc2C2CC2)c(C(F)(F)F)c1. The number of aryl methyl sites for hydroxylation is 1. The summed E-state index contributed by atoms with van der Waals surface area (Å²) in [6, 6.07) is 9.03. The van der Waals surface area contributed by atoms with Crippen LogP contribution >= 0.6 is 0 Å². The summed E-state index contributed by atoms with van der Waals surface area (Å²) in [5, 5.41) is 10.6. The van der Waals surface area contributed by atoms with E-state index in [9.17, 15) is 18.3 Å². The first-order chi connectivity index (χ1) is 10.8. The Bertz CT molecular complexity index is 736. The largest absolute Gasteiger partial charge is 0.416 e. The van der Waals surface area contributed by atoms with Crippen molar-refractivity contribution in [3.8, 4) is 0 Å². The van der Waals surface area contributed by atoms with Crippen molar-refractivity contribution in [2.24, 2.45) is 0 Å². The molecule has 1 aliphatic rings. The molecule has 0 aliphatic heterocycles. The first kappa shape index (κ1) is 15.9. The number of nitrogens with two attached hydrogens (primary N) is 1. The number of hydrogen-bond acceptors (Lipinski definition) is 2. The maximum Gasteiger partial charge on any atom is 0.416 e. The number of halogens is 3. The van der Waals surface area contributed by atoms with Gasteiger partial charge < -0.3 is 10.8 Å². The van der Waals surface area contributed by atoms with Gasteiger partial charge in [0.05, 0.1) is 5.56 Å². The molecule has 1 saturated carbocycles. The van der Waals surface area contributed by atoms with E-state index in [1.807, 2.05) is 0 Å². The predicted octanol–water partition coefficient (Wildman–Crippen LogP) is 4.56. The Balaban J connectivity index is 2.10. The van der Waals surface area contributed by atoms with Gasteiger partial charge in [0.25, 0.3) is 0 Å². The molecule has 0 radical (unpaired) electrons. The Labute approximate surface area is 132 Å². The first-order valence-electron chi connectivity index (χ1n) is 7.52. The predicted molar refractivity (Wildman–Crippen MR) is 83.1 cm³/mol. The van der Waals surface area contributed by atoms with Gasteiger partial charge in [-0.25, -0.2) is 0 Å². The number of rotatable bonds is 3. The van der Waals surface area contributed by atoms with Crippen LogP contribution in [0.4, 0.5) is 18.9 Å². The van der Waals surface area contributed by atoms with E-state index in [0.29, 0.717) is 16.8 Å². The number of anilines is 1. The van der Waals surface area contributed by atoms with E-state index in [-0.39, 0.29) is 11.5 Å². The fourth-order valence-electron chi connectivity index (χ4n) is 2.91. The van der Waals surface area contributed by atoms with Crippen LogP contribution in [-0.4, -0.2) is 5.11 Å². The van der Waals surface area contributed by atoms with Crippen molar-refractivity contribution < 1.29 is 18.3 Å². The molecule has 3 N–H and O–H groups in total. The second-order valence-electron chi connectivity index (χ2n) is 6.15. The lowest BCUT2D eigenvalue weighted by Gasteiger charge is -2.21. The van der Waals surface area contributed by atoms with Gasteiger partial charge in [0.2, 0.25) is 0 Å². The Kier molecular flexibility index (Phi) is 3.84. The van der Waals surface area contributed by atoms with Crippen LogP contribution in [0.3, 0.4) is 0 Å². The van der Waals surface area contributed by atoms with Crippen LogP contribution in [0.1, 0.15) is 52.7 Å². The number of nitrogen functional groups attached to an aromatic ring is 1. The highest BCUT2D eigenvalue weighted by Crippen LogP contribution is 2.45. The molecule has 0 amide bonds. The molecule has 0 bridgehead atoms. The Morgan fingerprint density at radius 3 is 2.35 bits per heavy atom. The molecule has 0 saturated heterocycles. The average molecular weight is 321 g/mol. The summed E-state index contributed by atoms with van der Waals surface area (Å²) in [5.74, 6) is 0.280. The molecule has 0 heterocycles. The van der Waals surface area contributed by atoms with E-state index in [4.69, 9.17) is 5.73 Å². The topological polar surface area (TPSA) is 46.2 Å². The van der Waals surface area contributed by atoms with Gasteiger partial charge in [-0.3, -0.25) is 0 Å². The lowest BCUT2D eigenvalue weighted by atomic mass is 9.90. The molecule has 5 heteroatoms. The van der Waals surface area contributed by atoms with Gasteiger partial charge in [-0.1, -0.05) is 23.8 Å². The fourth-order valence-corrected chi connectivity index (χ4v) is 2.91. The van der Waals surface area contributed by atoms with Crippen molar-refractivity contribution in [3.63, 3.8) is 0 Å². The third-order valence-electron chi connectivity index (χ3n) is 4.23. The summed E-state index contributed by atoms with van der Waals surface area (Å²) >= 11 is 0. The van der Waals surface area contributed by atoms with E-state index >= 15 is 0 Å². The van der Waals surface area contributed by atoms with Gasteiger partial charge in [-0.05, 0) is 60.6 Å². The van der Waals surface area contributed by atoms with Crippen molar-refractivity contribution >= 4 is 5.69 Å². The lowest BCUT2D eigenvalue weighted by molar-refractivity contribution is -0.139. The summed E-state index contributed by atoms with van der Waals surface area (Å²) in [6.07, 6.45) is -3.87. The molecule has 2 aromatic rings. The van der Waals surface area contributed by atoms with Gasteiger partial charge in [-0.2, -0.15) is 13.2 Å². The van der Waals surface area contributed by atoms with Gasteiger partial charge in [0, 0.05) is 5.69 Å². The molecular weight excluding hydrogens is 303 g/mol. The van der Waals surface area contributed by atoms with Crippen molar-refractivity contribution in [1.82, 2.24) is 0 Å². The zero-order chi connectivity index (χ0) is 16.8. The van der Waals surface area contributed by atoms with E-state index in [1.54, 1.807) is 31.2 Å². The number of aliphatic hydroxyl groups excluding tert-OH is 1. The summed E-state index contributed by atoms with van der Waals surface area (Å²) < 4.78 is 39.9. The molecule has 1 fully saturated rings. The molecule has 2 aromatic carbocycles.